The van der Waals surface area contributed by atoms with E-state index in [-0.39, 0.29) is 18.3 Å². The molecule has 27 heavy (non-hydrogen) atoms. The van der Waals surface area contributed by atoms with E-state index < -0.39 is 5.54 Å². The van der Waals surface area contributed by atoms with Gasteiger partial charge in [0.2, 0.25) is 5.91 Å². The van der Waals surface area contributed by atoms with Crippen LogP contribution in [0.5, 0.6) is 0 Å². The normalized spacial score (nSPS) is 15.9. The number of nitrogens with zero attached hydrogens (tertiary/aromatic N) is 1. The molecule has 0 aliphatic carbocycles. The van der Waals surface area contributed by atoms with Crippen molar-refractivity contribution in [2.45, 2.75) is 18.4 Å². The molecule has 0 atom stereocenters. The summed E-state index contributed by atoms with van der Waals surface area (Å²) in [6, 6.07) is 13.3. The van der Waals surface area contributed by atoms with Gasteiger partial charge >= 0.3 is 0 Å². The van der Waals surface area contributed by atoms with Gasteiger partial charge in [-0.2, -0.15) is 0 Å². The van der Waals surface area contributed by atoms with Crippen molar-refractivity contribution in [3.63, 3.8) is 0 Å². The van der Waals surface area contributed by atoms with Crippen molar-refractivity contribution in [3.8, 4) is 10.6 Å². The molecular weight excluding hydrogens is 405 g/mol. The van der Waals surface area contributed by atoms with E-state index in [0.717, 1.165) is 20.8 Å². The summed E-state index contributed by atoms with van der Waals surface area (Å²) in [4.78, 5) is 17.1. The molecule has 1 amide bonds. The smallest absolute Gasteiger partial charge is 0.244 e. The molecule has 1 aliphatic heterocycles. The third-order valence-corrected chi connectivity index (χ3v) is 6.17. The lowest BCUT2D eigenvalue weighted by atomic mass is 9.90. The van der Waals surface area contributed by atoms with Gasteiger partial charge in [0.15, 0.2) is 0 Å². The topological polar surface area (TPSA) is 77.2 Å². The third-order valence-electron chi connectivity index (χ3n) is 4.59. The van der Waals surface area contributed by atoms with E-state index in [1.54, 1.807) is 11.3 Å². The quantitative estimate of drug-likeness (QED) is 0.650. The number of carbonyl (C=O) groups is 1. The van der Waals surface area contributed by atoms with Crippen molar-refractivity contribution < 1.29 is 9.53 Å². The van der Waals surface area contributed by atoms with E-state index >= 15 is 0 Å². The minimum Gasteiger partial charge on any atom is -0.381 e. The van der Waals surface area contributed by atoms with E-state index in [0.29, 0.717) is 36.8 Å². The van der Waals surface area contributed by atoms with E-state index in [4.69, 9.17) is 22.1 Å². The fraction of sp³-hybridized carbons (Fsp3) is 0.263. The minimum absolute atomic E-state index is 0. The van der Waals surface area contributed by atoms with Crippen LogP contribution in [-0.2, 0) is 9.53 Å². The Balaban J connectivity index is 0.00000210. The second kappa shape index (κ2) is 8.12. The maximum Gasteiger partial charge on any atom is 0.244 e. The molecule has 5 nitrogen and oxygen atoms in total. The first-order valence-electron chi connectivity index (χ1n) is 8.39. The molecule has 8 heteroatoms. The number of thiazole rings is 1. The monoisotopic (exact) mass is 423 g/mol. The zero-order chi connectivity index (χ0) is 18.1. The van der Waals surface area contributed by atoms with Gasteiger partial charge in [-0.3, -0.25) is 4.79 Å². The molecular formula is C19H19Cl2N3O2S. The highest BCUT2D eigenvalue weighted by Crippen LogP contribution is 2.34. The van der Waals surface area contributed by atoms with E-state index in [9.17, 15) is 4.79 Å². The highest BCUT2D eigenvalue weighted by molar-refractivity contribution is 7.22. The number of nitrogens with one attached hydrogen (secondary N) is 1. The molecule has 0 spiro atoms. The Morgan fingerprint density at radius 3 is 2.56 bits per heavy atom. The summed E-state index contributed by atoms with van der Waals surface area (Å²) in [6.07, 6.45) is 1.06. The summed E-state index contributed by atoms with van der Waals surface area (Å²) in [5.41, 5.74) is 7.94. The molecule has 3 aromatic rings. The average Bonchev–Trinajstić information content (AvgIpc) is 3.09. The molecule has 1 fully saturated rings. The van der Waals surface area contributed by atoms with E-state index in [1.165, 1.54) is 0 Å². The van der Waals surface area contributed by atoms with Crippen LogP contribution in [0.4, 0.5) is 5.69 Å². The number of amides is 1. The first-order valence-corrected chi connectivity index (χ1v) is 9.58. The van der Waals surface area contributed by atoms with Crippen molar-refractivity contribution in [1.29, 1.82) is 0 Å². The van der Waals surface area contributed by atoms with Gasteiger partial charge in [-0.1, -0.05) is 17.7 Å². The Kier molecular flexibility index (Phi) is 6.03. The van der Waals surface area contributed by atoms with Crippen LogP contribution in [0.2, 0.25) is 5.02 Å². The molecule has 2 aromatic carbocycles. The average molecular weight is 424 g/mol. The molecule has 1 aromatic heterocycles. The number of nitrogens with two attached hydrogens (primary N) is 1. The first-order chi connectivity index (χ1) is 12.5. The van der Waals surface area contributed by atoms with Gasteiger partial charge in [0, 0.05) is 24.5 Å². The maximum absolute atomic E-state index is 12.5. The molecule has 2 heterocycles. The number of rotatable bonds is 3. The Labute approximate surface area is 172 Å². The summed E-state index contributed by atoms with van der Waals surface area (Å²) in [5, 5.41) is 4.51. The molecule has 4 rings (SSSR count). The summed E-state index contributed by atoms with van der Waals surface area (Å²) in [6.45, 7) is 1.03. The Hall–Kier alpha value is -1.70. The predicted octanol–water partition coefficient (Wildman–Crippen LogP) is 4.48. The lowest BCUT2D eigenvalue weighted by Crippen LogP contribution is -2.54. The molecule has 1 saturated heterocycles. The molecule has 1 aliphatic rings. The van der Waals surface area contributed by atoms with Gasteiger partial charge in [-0.25, -0.2) is 4.98 Å². The van der Waals surface area contributed by atoms with Crippen molar-refractivity contribution in [2.24, 2.45) is 5.73 Å². The van der Waals surface area contributed by atoms with Crippen LogP contribution >= 0.6 is 35.3 Å². The number of fused-ring (bicyclic) bond motifs is 1. The number of ether oxygens (including phenoxy) is 1. The molecule has 3 N–H and O–H groups in total. The van der Waals surface area contributed by atoms with Crippen LogP contribution in [0, 0.1) is 0 Å². The first kappa shape index (κ1) is 20.0. The minimum atomic E-state index is -0.860. The number of benzene rings is 2. The van der Waals surface area contributed by atoms with Gasteiger partial charge in [0.25, 0.3) is 0 Å². The second-order valence-corrected chi connectivity index (χ2v) is 7.81. The van der Waals surface area contributed by atoms with Crippen molar-refractivity contribution in [2.75, 3.05) is 18.5 Å². The van der Waals surface area contributed by atoms with Crippen LogP contribution in [0.25, 0.3) is 20.8 Å². The number of anilines is 1. The number of halogens is 2. The second-order valence-electron chi connectivity index (χ2n) is 6.41. The fourth-order valence-corrected chi connectivity index (χ4v) is 4.21. The summed E-state index contributed by atoms with van der Waals surface area (Å²) in [7, 11) is 0. The van der Waals surface area contributed by atoms with Gasteiger partial charge in [0.1, 0.15) is 10.5 Å². The SMILES string of the molecule is Cl.NC1(C(=O)Nc2ccc(-c3nc4cccc(Cl)c4s3)cc2)CCOCC1. The van der Waals surface area contributed by atoms with Crippen LogP contribution in [0.1, 0.15) is 12.8 Å². The molecule has 0 bridgehead atoms. The maximum atomic E-state index is 12.5. The predicted molar refractivity (Wildman–Crippen MR) is 113 cm³/mol. The zero-order valence-corrected chi connectivity index (χ0v) is 16.8. The van der Waals surface area contributed by atoms with E-state index in [2.05, 4.69) is 10.3 Å². The number of hydrogen-bond donors (Lipinski definition) is 2. The number of aromatic nitrogens is 1. The summed E-state index contributed by atoms with van der Waals surface area (Å²) >= 11 is 7.78. The van der Waals surface area contributed by atoms with Crippen LogP contribution < -0.4 is 11.1 Å². The summed E-state index contributed by atoms with van der Waals surface area (Å²) < 4.78 is 6.27. The molecule has 0 unspecified atom stereocenters. The Bertz CT molecular complexity index is 953. The van der Waals surface area contributed by atoms with Gasteiger partial charge < -0.3 is 15.8 Å². The molecule has 142 valence electrons. The molecule has 0 radical (unpaired) electrons. The molecule has 0 saturated carbocycles. The number of hydrogen-bond acceptors (Lipinski definition) is 5. The van der Waals surface area contributed by atoms with Crippen molar-refractivity contribution in [3.05, 3.63) is 47.5 Å². The highest BCUT2D eigenvalue weighted by Gasteiger charge is 2.35. The van der Waals surface area contributed by atoms with E-state index in [1.807, 2.05) is 42.5 Å². The van der Waals surface area contributed by atoms with Crippen LogP contribution in [0.3, 0.4) is 0 Å². The largest absolute Gasteiger partial charge is 0.381 e. The Morgan fingerprint density at radius 2 is 1.89 bits per heavy atom. The summed E-state index contributed by atoms with van der Waals surface area (Å²) in [5.74, 6) is -0.166. The highest BCUT2D eigenvalue weighted by atomic mass is 35.5. The lowest BCUT2D eigenvalue weighted by molar-refractivity contribution is -0.124. The van der Waals surface area contributed by atoms with Crippen LogP contribution in [-0.4, -0.2) is 29.6 Å². The standard InChI is InChI=1S/C19H18ClN3O2S.ClH/c20-14-2-1-3-15-16(14)26-17(23-15)12-4-6-13(7-5-12)22-18(24)19(21)8-10-25-11-9-19;/h1-7H,8-11,21H2,(H,22,24);1H. The Morgan fingerprint density at radius 1 is 1.19 bits per heavy atom. The van der Waals surface area contributed by atoms with Gasteiger partial charge in [0.05, 0.1) is 15.2 Å². The third kappa shape index (κ3) is 4.10. The number of carbonyl (C=O) groups excluding carboxylic acids is 1. The van der Waals surface area contributed by atoms with Gasteiger partial charge in [-0.15, -0.1) is 23.7 Å². The lowest BCUT2D eigenvalue weighted by Gasteiger charge is -2.31. The van der Waals surface area contributed by atoms with Gasteiger partial charge in [-0.05, 0) is 49.2 Å². The van der Waals surface area contributed by atoms with Crippen LogP contribution in [0.15, 0.2) is 42.5 Å². The zero-order valence-electron chi connectivity index (χ0n) is 14.4. The van der Waals surface area contributed by atoms with Crippen molar-refractivity contribution in [1.82, 2.24) is 4.98 Å². The fourth-order valence-electron chi connectivity index (χ4n) is 2.95. The van der Waals surface area contributed by atoms with Crippen molar-refractivity contribution >= 4 is 57.2 Å².